The molecule has 140 valence electrons. The predicted molar refractivity (Wildman–Crippen MR) is 104 cm³/mol. The number of benzene rings is 2. The highest BCUT2D eigenvalue weighted by atomic mass is 16.3. The zero-order chi connectivity index (χ0) is 19.9. The van der Waals surface area contributed by atoms with Crippen molar-refractivity contribution in [2.75, 3.05) is 4.90 Å². The van der Waals surface area contributed by atoms with E-state index in [4.69, 9.17) is 0 Å². The normalized spacial score (nSPS) is 17.1. The molecule has 1 aliphatic heterocycles. The molecule has 2 N–H and O–H groups in total. The number of anilines is 1. The average Bonchev–Trinajstić information content (AvgIpc) is 2.87. The molecule has 0 bridgehead atoms. The number of carbonyl (C=O) groups excluding carboxylic acids is 2. The van der Waals surface area contributed by atoms with Gasteiger partial charge in [0, 0.05) is 11.6 Å². The third-order valence-corrected chi connectivity index (χ3v) is 4.82. The monoisotopic (exact) mass is 365 g/mol. The minimum atomic E-state index is -0.741. The number of aromatic hydroxyl groups is 1. The van der Waals surface area contributed by atoms with Crippen LogP contribution in [0.3, 0.4) is 0 Å². The molecule has 0 aliphatic carbocycles. The van der Waals surface area contributed by atoms with Gasteiger partial charge in [0.15, 0.2) is 11.5 Å². The molecule has 5 heteroatoms. The number of amides is 1. The third kappa shape index (κ3) is 3.21. The number of Topliss-reactive ketones (excluding diaryl/α,β-unsaturated/α-hetero) is 1. The highest BCUT2D eigenvalue weighted by Crippen LogP contribution is 2.43. The van der Waals surface area contributed by atoms with E-state index in [0.717, 1.165) is 11.1 Å². The van der Waals surface area contributed by atoms with Crippen molar-refractivity contribution < 1.29 is 19.8 Å². The van der Waals surface area contributed by atoms with Crippen molar-refractivity contribution in [3.63, 3.8) is 0 Å². The third-order valence-electron chi connectivity index (χ3n) is 4.82. The minimum absolute atomic E-state index is 0.0890. The molecule has 0 spiro atoms. The summed E-state index contributed by atoms with van der Waals surface area (Å²) in [7, 11) is 0. The number of aliphatic hydroxyl groups is 1. The Hall–Kier alpha value is -3.08. The van der Waals surface area contributed by atoms with Crippen LogP contribution < -0.4 is 4.90 Å². The van der Waals surface area contributed by atoms with Crippen molar-refractivity contribution in [3.05, 3.63) is 70.5 Å². The van der Waals surface area contributed by atoms with Gasteiger partial charge in [-0.1, -0.05) is 43.7 Å². The van der Waals surface area contributed by atoms with Gasteiger partial charge >= 0.3 is 0 Å². The van der Waals surface area contributed by atoms with Crippen LogP contribution in [0.1, 0.15) is 36.6 Å². The Morgan fingerprint density at radius 2 is 1.67 bits per heavy atom. The highest BCUT2D eigenvalue weighted by Gasteiger charge is 2.45. The van der Waals surface area contributed by atoms with E-state index in [9.17, 15) is 19.8 Å². The van der Waals surface area contributed by atoms with E-state index in [1.165, 1.54) is 17.0 Å². The first kappa shape index (κ1) is 18.7. The Morgan fingerprint density at radius 1 is 1.04 bits per heavy atom. The van der Waals surface area contributed by atoms with Gasteiger partial charge in [0.25, 0.3) is 5.91 Å². The number of phenols is 1. The molecule has 0 radical (unpaired) electrons. The first-order valence-corrected chi connectivity index (χ1v) is 8.89. The summed E-state index contributed by atoms with van der Waals surface area (Å²) in [5, 5.41) is 20.2. The van der Waals surface area contributed by atoms with Crippen molar-refractivity contribution in [2.24, 2.45) is 5.92 Å². The molecule has 0 saturated heterocycles. The van der Waals surface area contributed by atoms with Crippen LogP contribution in [0.25, 0.3) is 0 Å². The average molecular weight is 365 g/mol. The van der Waals surface area contributed by atoms with E-state index in [1.807, 2.05) is 32.0 Å². The van der Waals surface area contributed by atoms with Crippen LogP contribution in [0.15, 0.2) is 53.8 Å². The van der Waals surface area contributed by atoms with Crippen molar-refractivity contribution in [2.45, 2.75) is 33.7 Å². The summed E-state index contributed by atoms with van der Waals surface area (Å²) in [5.41, 5.74) is 3.31. The molecule has 5 nitrogen and oxygen atoms in total. The molecule has 1 unspecified atom stereocenters. The van der Waals surface area contributed by atoms with Crippen LogP contribution in [-0.2, 0) is 9.59 Å². The quantitative estimate of drug-likeness (QED) is 0.854. The van der Waals surface area contributed by atoms with E-state index in [2.05, 4.69) is 0 Å². The number of aryl methyl sites for hydroxylation is 2. The van der Waals surface area contributed by atoms with Crippen LogP contribution in [0, 0.1) is 19.8 Å². The van der Waals surface area contributed by atoms with Crippen LogP contribution in [0.4, 0.5) is 5.69 Å². The van der Waals surface area contributed by atoms with Gasteiger partial charge in [-0.15, -0.1) is 0 Å². The number of hydrogen-bond donors (Lipinski definition) is 2. The van der Waals surface area contributed by atoms with Gasteiger partial charge in [0.05, 0.1) is 11.6 Å². The first-order chi connectivity index (χ1) is 12.7. The molecule has 1 heterocycles. The number of aliphatic hydroxyl groups excluding tert-OH is 1. The van der Waals surface area contributed by atoms with Crippen LogP contribution >= 0.6 is 0 Å². The lowest BCUT2D eigenvalue weighted by Gasteiger charge is -2.28. The van der Waals surface area contributed by atoms with Crippen LogP contribution in [0.2, 0.25) is 0 Å². The molecular weight excluding hydrogens is 342 g/mol. The molecule has 2 aromatic rings. The smallest absolute Gasteiger partial charge is 0.294 e. The molecule has 2 aromatic carbocycles. The summed E-state index contributed by atoms with van der Waals surface area (Å²) in [6.45, 7) is 7.33. The van der Waals surface area contributed by atoms with Gasteiger partial charge in [-0.05, 0) is 43.2 Å². The Balaban J connectivity index is 2.21. The van der Waals surface area contributed by atoms with E-state index in [0.29, 0.717) is 11.3 Å². The van der Waals surface area contributed by atoms with Crippen LogP contribution in [-0.4, -0.2) is 21.9 Å². The van der Waals surface area contributed by atoms with Crippen molar-refractivity contribution in [1.29, 1.82) is 0 Å². The largest absolute Gasteiger partial charge is 0.508 e. The standard InChI is InChI=1S/C22H23NO4/c1-12(2)20(25)18-19(15-6-8-16(24)9-7-15)23(22(27)21(18)26)17-10-5-13(3)11-14(17)4/h5-12,19,24,26H,1-4H3. The Morgan fingerprint density at radius 3 is 2.22 bits per heavy atom. The van der Waals surface area contributed by atoms with Gasteiger partial charge in [-0.25, -0.2) is 0 Å². The molecule has 1 atom stereocenters. The summed E-state index contributed by atoms with van der Waals surface area (Å²) in [6.07, 6.45) is 0. The number of ketones is 1. The number of hydrogen-bond acceptors (Lipinski definition) is 4. The molecule has 27 heavy (non-hydrogen) atoms. The van der Waals surface area contributed by atoms with E-state index < -0.39 is 17.7 Å². The van der Waals surface area contributed by atoms with E-state index in [1.54, 1.807) is 26.0 Å². The summed E-state index contributed by atoms with van der Waals surface area (Å²) < 4.78 is 0. The maximum atomic E-state index is 12.9. The summed E-state index contributed by atoms with van der Waals surface area (Å²) in [4.78, 5) is 27.2. The topological polar surface area (TPSA) is 77.8 Å². The fraction of sp³-hybridized carbons (Fsp3) is 0.273. The van der Waals surface area contributed by atoms with Gasteiger partial charge in [-0.2, -0.15) is 0 Å². The summed E-state index contributed by atoms with van der Waals surface area (Å²) in [5.74, 6) is -1.65. The lowest BCUT2D eigenvalue weighted by molar-refractivity contribution is -0.119. The van der Waals surface area contributed by atoms with E-state index >= 15 is 0 Å². The lowest BCUT2D eigenvalue weighted by atomic mass is 9.91. The Bertz CT molecular complexity index is 941. The molecule has 3 rings (SSSR count). The lowest BCUT2D eigenvalue weighted by Crippen LogP contribution is -2.32. The number of nitrogens with zero attached hydrogens (tertiary/aromatic N) is 1. The molecule has 0 fully saturated rings. The molecule has 0 aromatic heterocycles. The molecule has 1 aliphatic rings. The summed E-state index contributed by atoms with van der Waals surface area (Å²) >= 11 is 0. The van der Waals surface area contributed by atoms with E-state index in [-0.39, 0.29) is 23.0 Å². The second-order valence-corrected chi connectivity index (χ2v) is 7.24. The number of rotatable bonds is 4. The summed E-state index contributed by atoms with van der Waals surface area (Å²) in [6, 6.07) is 11.3. The van der Waals surface area contributed by atoms with Gasteiger partial charge < -0.3 is 10.2 Å². The molecular formula is C22H23NO4. The van der Waals surface area contributed by atoms with Gasteiger partial charge in [0.2, 0.25) is 0 Å². The fourth-order valence-electron chi connectivity index (χ4n) is 3.46. The second-order valence-electron chi connectivity index (χ2n) is 7.24. The Labute approximate surface area is 158 Å². The minimum Gasteiger partial charge on any atom is -0.508 e. The fourth-order valence-corrected chi connectivity index (χ4v) is 3.46. The molecule has 0 saturated carbocycles. The second kappa shape index (κ2) is 6.91. The zero-order valence-corrected chi connectivity index (χ0v) is 15.9. The maximum Gasteiger partial charge on any atom is 0.294 e. The Kier molecular flexibility index (Phi) is 4.79. The number of carbonyl (C=O) groups is 2. The molecule has 1 amide bonds. The van der Waals surface area contributed by atoms with Crippen LogP contribution in [0.5, 0.6) is 5.75 Å². The predicted octanol–water partition coefficient (Wildman–Crippen LogP) is 4.13. The van der Waals surface area contributed by atoms with Crippen molar-refractivity contribution in [1.82, 2.24) is 0 Å². The van der Waals surface area contributed by atoms with Crippen molar-refractivity contribution in [3.8, 4) is 5.75 Å². The van der Waals surface area contributed by atoms with Gasteiger partial charge in [-0.3, -0.25) is 14.5 Å². The van der Waals surface area contributed by atoms with Gasteiger partial charge in [0.1, 0.15) is 5.75 Å². The SMILES string of the molecule is Cc1ccc(N2C(=O)C(O)=C(C(=O)C(C)C)C2c2ccc(O)cc2)c(C)c1. The maximum absolute atomic E-state index is 12.9. The number of phenolic OH excluding ortho intramolecular Hbond substituents is 1. The zero-order valence-electron chi connectivity index (χ0n) is 15.9. The first-order valence-electron chi connectivity index (χ1n) is 8.89. The van der Waals surface area contributed by atoms with Crippen molar-refractivity contribution >= 4 is 17.4 Å². The highest BCUT2D eigenvalue weighted by molar-refractivity contribution is 6.17.